The molecule has 0 saturated carbocycles. The van der Waals surface area contributed by atoms with Crippen molar-refractivity contribution in [3.63, 3.8) is 0 Å². The van der Waals surface area contributed by atoms with Gasteiger partial charge in [-0.15, -0.1) is 0 Å². The Morgan fingerprint density at radius 1 is 1.16 bits per heavy atom. The van der Waals surface area contributed by atoms with Crippen LogP contribution in [0.1, 0.15) is 17.5 Å². The molecule has 2 aromatic carbocycles. The predicted octanol–water partition coefficient (Wildman–Crippen LogP) is 3.90. The fourth-order valence-electron chi connectivity index (χ4n) is 2.43. The lowest BCUT2D eigenvalue weighted by Crippen LogP contribution is -2.05. The highest BCUT2D eigenvalue weighted by Crippen LogP contribution is 2.22. The third kappa shape index (κ3) is 4.09. The summed E-state index contributed by atoms with van der Waals surface area (Å²) in [5.74, 6) is -1.06. The van der Waals surface area contributed by atoms with E-state index in [1.165, 1.54) is 37.5 Å². The van der Waals surface area contributed by atoms with Gasteiger partial charge in [-0.25, -0.2) is 18.6 Å². The number of benzene rings is 2. The maximum absolute atomic E-state index is 13.7. The number of halogens is 2. The van der Waals surface area contributed by atoms with Gasteiger partial charge in [-0.05, 0) is 47.9 Å². The van der Waals surface area contributed by atoms with E-state index in [1.807, 2.05) is 0 Å². The lowest BCUT2D eigenvalue weighted by Gasteiger charge is -2.01. The van der Waals surface area contributed by atoms with E-state index < -0.39 is 11.8 Å². The molecule has 0 aliphatic carbocycles. The van der Waals surface area contributed by atoms with Crippen molar-refractivity contribution in [3.8, 4) is 5.75 Å². The van der Waals surface area contributed by atoms with Crippen LogP contribution in [0.5, 0.6) is 5.75 Å². The molecule has 3 rings (SSSR count). The number of hydrogen-bond donors (Lipinski definition) is 0. The third-order valence-electron chi connectivity index (χ3n) is 3.66. The van der Waals surface area contributed by atoms with Gasteiger partial charge in [-0.2, -0.15) is 0 Å². The van der Waals surface area contributed by atoms with Crippen molar-refractivity contribution in [2.24, 2.45) is 4.99 Å². The summed E-state index contributed by atoms with van der Waals surface area (Å²) in [5.41, 5.74) is 1.35. The quantitative estimate of drug-likeness (QED) is 0.611. The van der Waals surface area contributed by atoms with Crippen LogP contribution in [0, 0.1) is 11.6 Å². The minimum Gasteiger partial charge on any atom is -0.494 e. The molecule has 0 bridgehead atoms. The van der Waals surface area contributed by atoms with Crippen LogP contribution in [0.2, 0.25) is 0 Å². The monoisotopic (exact) mass is 343 g/mol. The van der Waals surface area contributed by atoms with Gasteiger partial charge in [0.1, 0.15) is 5.82 Å². The first-order valence-corrected chi connectivity index (χ1v) is 7.64. The second-order valence-electron chi connectivity index (χ2n) is 5.45. The van der Waals surface area contributed by atoms with Crippen LogP contribution in [-0.2, 0) is 16.0 Å². The second kappa shape index (κ2) is 7.25. The molecule has 1 aliphatic heterocycles. The molecule has 0 unspecified atom stereocenters. The first-order chi connectivity index (χ1) is 12.0. The first kappa shape index (κ1) is 16.8. The highest BCUT2D eigenvalue weighted by Gasteiger charge is 2.22. The molecule has 4 nitrogen and oxygen atoms in total. The summed E-state index contributed by atoms with van der Waals surface area (Å²) in [7, 11) is 1.38. The molecule has 0 spiro atoms. The molecule has 1 heterocycles. The zero-order valence-corrected chi connectivity index (χ0v) is 13.5. The Balaban J connectivity index is 1.72. The summed E-state index contributed by atoms with van der Waals surface area (Å²) in [4.78, 5) is 16.0. The van der Waals surface area contributed by atoms with Crippen LogP contribution < -0.4 is 4.74 Å². The average molecular weight is 343 g/mol. The molecule has 0 amide bonds. The van der Waals surface area contributed by atoms with Crippen molar-refractivity contribution in [3.05, 3.63) is 70.9 Å². The molecule has 2 aromatic rings. The number of ether oxygens (including phenoxy) is 2. The molecular formula is C19H15F2NO3. The Morgan fingerprint density at radius 2 is 2.00 bits per heavy atom. The van der Waals surface area contributed by atoms with Crippen LogP contribution in [0.15, 0.2) is 53.2 Å². The van der Waals surface area contributed by atoms with Crippen LogP contribution >= 0.6 is 0 Å². The van der Waals surface area contributed by atoms with Crippen molar-refractivity contribution in [2.45, 2.75) is 12.8 Å². The highest BCUT2D eigenvalue weighted by atomic mass is 19.1. The maximum Gasteiger partial charge on any atom is 0.363 e. The fraction of sp³-hybridized carbons (Fsp3) is 0.158. The van der Waals surface area contributed by atoms with Crippen molar-refractivity contribution < 1.29 is 23.0 Å². The zero-order valence-electron chi connectivity index (χ0n) is 13.5. The number of aryl methyl sites for hydroxylation is 1. The van der Waals surface area contributed by atoms with E-state index in [1.54, 1.807) is 18.2 Å². The molecule has 0 N–H and O–H groups in total. The van der Waals surface area contributed by atoms with Gasteiger partial charge in [-0.1, -0.05) is 18.2 Å². The SMILES string of the molecule is COc1ccc(/C=C2/N=C(CCc3cccc(F)c3)OC2=O)cc1F. The molecular weight excluding hydrogens is 328 g/mol. The lowest BCUT2D eigenvalue weighted by molar-refractivity contribution is -0.130. The number of rotatable bonds is 5. The topological polar surface area (TPSA) is 47.9 Å². The van der Waals surface area contributed by atoms with E-state index in [-0.39, 0.29) is 23.2 Å². The van der Waals surface area contributed by atoms with E-state index in [9.17, 15) is 13.6 Å². The highest BCUT2D eigenvalue weighted by molar-refractivity contribution is 6.07. The Morgan fingerprint density at radius 3 is 2.72 bits per heavy atom. The summed E-state index contributed by atoms with van der Waals surface area (Å²) in [5, 5.41) is 0. The maximum atomic E-state index is 13.7. The van der Waals surface area contributed by atoms with Crippen molar-refractivity contribution in [1.29, 1.82) is 0 Å². The smallest absolute Gasteiger partial charge is 0.363 e. The van der Waals surface area contributed by atoms with Gasteiger partial charge in [0.15, 0.2) is 23.2 Å². The number of hydrogen-bond acceptors (Lipinski definition) is 4. The Bertz CT molecular complexity index is 875. The van der Waals surface area contributed by atoms with Gasteiger partial charge in [0, 0.05) is 6.42 Å². The number of carbonyl (C=O) groups is 1. The van der Waals surface area contributed by atoms with E-state index in [0.717, 1.165) is 5.56 Å². The molecule has 0 aromatic heterocycles. The summed E-state index contributed by atoms with van der Waals surface area (Å²) in [6, 6.07) is 10.5. The molecule has 0 fully saturated rings. The molecule has 0 atom stereocenters. The zero-order chi connectivity index (χ0) is 17.8. The van der Waals surface area contributed by atoms with Crippen LogP contribution in [0.3, 0.4) is 0 Å². The number of aliphatic imine (C=N–C) groups is 1. The molecule has 0 radical (unpaired) electrons. The van der Waals surface area contributed by atoms with Gasteiger partial charge < -0.3 is 9.47 Å². The summed E-state index contributed by atoms with van der Waals surface area (Å²) < 4.78 is 36.8. The molecule has 6 heteroatoms. The van der Waals surface area contributed by atoms with Crippen LogP contribution in [-0.4, -0.2) is 19.0 Å². The van der Waals surface area contributed by atoms with Crippen LogP contribution in [0.4, 0.5) is 8.78 Å². The number of cyclic esters (lactones) is 1. The van der Waals surface area contributed by atoms with Crippen molar-refractivity contribution in [1.82, 2.24) is 0 Å². The van der Waals surface area contributed by atoms with Gasteiger partial charge in [0.05, 0.1) is 7.11 Å². The minimum absolute atomic E-state index is 0.0961. The molecule has 25 heavy (non-hydrogen) atoms. The number of nitrogens with zero attached hydrogens (tertiary/aromatic N) is 1. The largest absolute Gasteiger partial charge is 0.494 e. The van der Waals surface area contributed by atoms with E-state index in [0.29, 0.717) is 18.4 Å². The summed E-state index contributed by atoms with van der Waals surface area (Å²) >= 11 is 0. The van der Waals surface area contributed by atoms with Crippen molar-refractivity contribution >= 4 is 17.9 Å². The third-order valence-corrected chi connectivity index (χ3v) is 3.66. The average Bonchev–Trinajstić information content (AvgIpc) is 2.93. The van der Waals surface area contributed by atoms with Crippen molar-refractivity contribution in [2.75, 3.05) is 7.11 Å². The first-order valence-electron chi connectivity index (χ1n) is 7.64. The van der Waals surface area contributed by atoms with Gasteiger partial charge in [-0.3, -0.25) is 0 Å². The van der Waals surface area contributed by atoms with Crippen LogP contribution in [0.25, 0.3) is 6.08 Å². The number of esters is 1. The second-order valence-corrected chi connectivity index (χ2v) is 5.45. The summed E-state index contributed by atoms with van der Waals surface area (Å²) in [6.45, 7) is 0. The fourth-order valence-corrected chi connectivity index (χ4v) is 2.43. The molecule has 1 aliphatic rings. The van der Waals surface area contributed by atoms with E-state index in [4.69, 9.17) is 9.47 Å². The summed E-state index contributed by atoms with van der Waals surface area (Å²) in [6.07, 6.45) is 2.30. The number of methoxy groups -OCH3 is 1. The Labute approximate surface area is 143 Å². The Kier molecular flexibility index (Phi) is 4.88. The van der Waals surface area contributed by atoms with Gasteiger partial charge in [0.2, 0.25) is 0 Å². The normalized spacial score (nSPS) is 15.2. The predicted molar refractivity (Wildman–Crippen MR) is 89.2 cm³/mol. The Hall–Kier alpha value is -3.02. The standard InChI is InChI=1S/C19H15F2NO3/c1-24-17-7-5-13(10-15(17)21)11-16-19(23)25-18(22-16)8-6-12-3-2-4-14(20)9-12/h2-5,7,9-11H,6,8H2,1H3/b16-11+. The molecule has 0 saturated heterocycles. The van der Waals surface area contributed by atoms with Gasteiger partial charge >= 0.3 is 5.97 Å². The van der Waals surface area contributed by atoms with E-state index >= 15 is 0 Å². The number of carbonyl (C=O) groups excluding carboxylic acids is 1. The lowest BCUT2D eigenvalue weighted by atomic mass is 10.1. The van der Waals surface area contributed by atoms with Gasteiger partial charge in [0.25, 0.3) is 0 Å². The molecule has 128 valence electrons. The minimum atomic E-state index is -0.592. The van der Waals surface area contributed by atoms with E-state index in [2.05, 4.69) is 4.99 Å².